The van der Waals surface area contributed by atoms with E-state index in [0.717, 1.165) is 4.90 Å². The van der Waals surface area contributed by atoms with Crippen LogP contribution in [-0.2, 0) is 95.9 Å². The smallest absolute Gasteiger partial charge is 0.326 e. The van der Waals surface area contributed by atoms with E-state index in [1.807, 2.05) is 0 Å². The number of nitrogens with one attached hydrogen (secondary N) is 14. The lowest BCUT2D eigenvalue weighted by atomic mass is 9.96. The first kappa shape index (κ1) is 110. The van der Waals surface area contributed by atoms with Crippen LogP contribution in [0.25, 0.3) is 0 Å². The second-order valence-corrected chi connectivity index (χ2v) is 32.1. The zero-order valence-electron chi connectivity index (χ0n) is 71.7. The molecule has 0 aliphatic carbocycles. The molecule has 1 aliphatic rings. The predicted molar refractivity (Wildman–Crippen MR) is 447 cm³/mol. The molecule has 0 bridgehead atoms. The minimum absolute atomic E-state index is 0.00261. The van der Waals surface area contributed by atoms with Crippen LogP contribution in [0.2, 0.25) is 0 Å². The third-order valence-electron chi connectivity index (χ3n) is 19.0. The highest BCUT2D eigenvalue weighted by molar-refractivity contribution is 7.98. The van der Waals surface area contributed by atoms with Crippen LogP contribution < -0.4 is 109 Å². The van der Waals surface area contributed by atoms with E-state index >= 15 is 0 Å². The maximum atomic E-state index is 14.4. The number of guanidine groups is 2. The van der Waals surface area contributed by atoms with Crippen molar-refractivity contribution < 1.29 is 121 Å². The van der Waals surface area contributed by atoms with Crippen molar-refractivity contribution in [2.75, 3.05) is 51.3 Å². The number of aliphatic carboxylic acids is 4. The number of carboxylic acid groups (broad SMARTS) is 4. The molecule has 700 valence electrons. The molecular formula is C75H129N23O25S. The first-order valence-electron chi connectivity index (χ1n) is 40.7. The third-order valence-corrected chi connectivity index (χ3v) is 19.7. The molecule has 0 aromatic carbocycles. The quantitative estimate of drug-likeness (QED) is 0.0153. The van der Waals surface area contributed by atoms with Gasteiger partial charge in [-0.3, -0.25) is 101 Å². The molecule has 0 unspecified atom stereocenters. The van der Waals surface area contributed by atoms with E-state index in [9.17, 15) is 121 Å². The fourth-order valence-electron chi connectivity index (χ4n) is 12.3. The molecule has 1 fully saturated rings. The first-order chi connectivity index (χ1) is 58.0. The Labute approximate surface area is 721 Å². The van der Waals surface area contributed by atoms with Gasteiger partial charge in [0.25, 0.3) is 0 Å². The number of carbonyl (C=O) groups excluding carboxylic acids is 16. The Hall–Kier alpha value is -11.8. The van der Waals surface area contributed by atoms with Crippen molar-refractivity contribution in [3.05, 3.63) is 0 Å². The number of amides is 16. The molecule has 16 amide bonds. The zero-order valence-corrected chi connectivity index (χ0v) is 72.5. The Morgan fingerprint density at radius 3 is 1.20 bits per heavy atom. The van der Waals surface area contributed by atoms with Crippen molar-refractivity contribution in [1.29, 1.82) is 0 Å². The van der Waals surface area contributed by atoms with Crippen molar-refractivity contribution >= 4 is 142 Å². The van der Waals surface area contributed by atoms with Crippen LogP contribution in [-0.4, -0.2) is 297 Å². The molecule has 0 spiro atoms. The molecule has 48 nitrogen and oxygen atoms in total. The van der Waals surface area contributed by atoms with Crippen LogP contribution in [0.3, 0.4) is 0 Å². The van der Waals surface area contributed by atoms with Crippen molar-refractivity contribution in [3.63, 3.8) is 0 Å². The van der Waals surface area contributed by atoms with Crippen molar-refractivity contribution in [2.45, 2.75) is 262 Å². The van der Waals surface area contributed by atoms with Gasteiger partial charge in [0.15, 0.2) is 11.9 Å². The Morgan fingerprint density at radius 1 is 0.427 bits per heavy atom. The maximum Gasteiger partial charge on any atom is 0.326 e. The van der Waals surface area contributed by atoms with E-state index in [1.165, 1.54) is 18.7 Å². The van der Waals surface area contributed by atoms with E-state index in [1.54, 1.807) is 61.6 Å². The number of aliphatic hydroxyl groups is 1. The van der Waals surface area contributed by atoms with Gasteiger partial charge in [-0.25, -0.2) is 4.79 Å². The lowest BCUT2D eigenvalue weighted by Crippen LogP contribution is -2.60. The summed E-state index contributed by atoms with van der Waals surface area (Å²) in [6.07, 6.45) is -3.47. The fourth-order valence-corrected chi connectivity index (χ4v) is 12.8. The van der Waals surface area contributed by atoms with E-state index in [-0.39, 0.29) is 108 Å². The summed E-state index contributed by atoms with van der Waals surface area (Å²) in [7, 11) is 0. The summed E-state index contributed by atoms with van der Waals surface area (Å²) in [5.41, 5.74) is 33.1. The number of primary amides is 1. The Kier molecular flexibility index (Phi) is 51.2. The number of likely N-dealkylation sites (tertiary alicyclic amines) is 1. The van der Waals surface area contributed by atoms with E-state index in [4.69, 9.17) is 34.4 Å². The molecule has 49 heteroatoms. The highest BCUT2D eigenvalue weighted by Gasteiger charge is 2.42. The number of carbonyl (C=O) groups is 20. The second-order valence-electron chi connectivity index (χ2n) is 31.1. The summed E-state index contributed by atoms with van der Waals surface area (Å²) in [5.74, 6) is -24.2. The lowest BCUT2D eigenvalue weighted by Gasteiger charge is -2.29. The Balaban J connectivity index is 3.53. The molecule has 0 aromatic rings. The second kappa shape index (κ2) is 57.5. The summed E-state index contributed by atoms with van der Waals surface area (Å²) in [6, 6.07) is -21.5. The minimum Gasteiger partial charge on any atom is -0.481 e. The van der Waals surface area contributed by atoms with Gasteiger partial charge in [-0.15, -0.1) is 0 Å². The molecule has 0 aromatic heterocycles. The monoisotopic (exact) mass is 1780 g/mol. The minimum atomic E-state index is -2.12. The summed E-state index contributed by atoms with van der Waals surface area (Å²) in [4.78, 5) is 277. The molecule has 1 saturated heterocycles. The highest BCUT2D eigenvalue weighted by atomic mass is 32.2. The molecule has 31 N–H and O–H groups in total. The summed E-state index contributed by atoms with van der Waals surface area (Å²) < 4.78 is 0. The average Bonchev–Trinajstić information content (AvgIpc) is 1.63. The van der Waals surface area contributed by atoms with Gasteiger partial charge in [-0.2, -0.15) is 11.8 Å². The van der Waals surface area contributed by atoms with Crippen LogP contribution in [0, 0.1) is 23.7 Å². The summed E-state index contributed by atoms with van der Waals surface area (Å²) in [5, 5.41) is 83.1. The van der Waals surface area contributed by atoms with Gasteiger partial charge >= 0.3 is 23.9 Å². The SMILES string of the molecule is CC[C@H](C)[C@H](NC(=O)[C@H](CCC(N)=O)NC(=O)CNC(=O)[C@H](CCCN=C(N)N)NC(=O)[C@@H]1CCCN1C(=O)[C@H](CO)NC(=O)CNC(=O)[C@H](CC(=O)O)NC(=O)[C@H](CCC(=O)O)NC(=O)[C@H](CC(C)C)NC(=O)[C@H](CCC(=O)O)NC(=O)[C@H](CCCN=C(N)N)NC(=O)[C@H](CCSC)NC(=O)[C@H](CC(C)C)NC(=O)[C@H](C)N)C(=O)N[C@@H](CC(C)C)C(=O)O. The molecular weight excluding hydrogens is 1660 g/mol. The topological polar surface area (TPSA) is 795 Å². The number of aliphatic hydroxyl groups excluding tert-OH is 1. The van der Waals surface area contributed by atoms with Gasteiger partial charge < -0.3 is 139 Å². The Morgan fingerprint density at radius 2 is 0.798 bits per heavy atom. The maximum absolute atomic E-state index is 14.4. The van der Waals surface area contributed by atoms with Crippen LogP contribution >= 0.6 is 11.8 Å². The molecule has 124 heavy (non-hydrogen) atoms. The molecule has 0 radical (unpaired) electrons. The lowest BCUT2D eigenvalue weighted by molar-refractivity contribution is -0.143. The molecule has 1 heterocycles. The van der Waals surface area contributed by atoms with Crippen molar-refractivity contribution in [2.24, 2.45) is 68.1 Å². The molecule has 1 aliphatic heterocycles. The molecule has 1 rings (SSSR count). The number of nitrogens with two attached hydrogens (primary N) is 6. The number of hydrogen-bond donors (Lipinski definition) is 25. The van der Waals surface area contributed by atoms with Gasteiger partial charge in [0.1, 0.15) is 78.5 Å². The van der Waals surface area contributed by atoms with Crippen LogP contribution in [0.1, 0.15) is 178 Å². The van der Waals surface area contributed by atoms with Gasteiger partial charge in [-0.05, 0) is 126 Å². The van der Waals surface area contributed by atoms with Crippen LogP contribution in [0.15, 0.2) is 9.98 Å². The number of carboxylic acids is 4. The van der Waals surface area contributed by atoms with E-state index in [0.29, 0.717) is 12.2 Å². The average molecular weight is 1790 g/mol. The molecule has 15 atom stereocenters. The summed E-state index contributed by atoms with van der Waals surface area (Å²) >= 11 is 1.31. The van der Waals surface area contributed by atoms with Gasteiger partial charge in [0, 0.05) is 38.9 Å². The zero-order chi connectivity index (χ0) is 94.4. The van der Waals surface area contributed by atoms with Crippen LogP contribution in [0.4, 0.5) is 0 Å². The molecule has 0 saturated carbocycles. The van der Waals surface area contributed by atoms with Gasteiger partial charge in [-0.1, -0.05) is 61.8 Å². The Bertz CT molecular complexity index is 3730. The van der Waals surface area contributed by atoms with Crippen molar-refractivity contribution in [3.8, 4) is 0 Å². The predicted octanol–water partition coefficient (Wildman–Crippen LogP) is -8.03. The van der Waals surface area contributed by atoms with E-state index < -0.39 is 279 Å². The normalized spacial score (nSPS) is 15.7. The van der Waals surface area contributed by atoms with Crippen molar-refractivity contribution in [1.82, 2.24) is 79.3 Å². The number of hydrogen-bond acceptors (Lipinski definition) is 25. The van der Waals surface area contributed by atoms with Gasteiger partial charge in [0.05, 0.1) is 32.2 Å². The summed E-state index contributed by atoms with van der Waals surface area (Å²) in [6.45, 7) is 11.6. The first-order valence-corrected chi connectivity index (χ1v) is 42.1. The van der Waals surface area contributed by atoms with Crippen LogP contribution in [0.5, 0.6) is 0 Å². The standard InChI is InChI=1S/C75H129N23O25S/c1-11-39(8)59(71(120)96-50(73(122)123)31-38(6)7)97-67(116)43(18-21-53(77)100)86-54(101)33-84-61(110)41(15-12-25-82-74(78)79)92-70(119)52-17-14-27-98(52)72(121)51(35-99)87-55(102)34-85-62(111)49(32-58(107)108)95-65(114)45(20-23-57(105)106)90-69(118)48(30-37(4)5)94-64(113)44(19-22-56(103)104)89-63(112)42(16-13-26-83-75(80)81)88-66(115)46(24-28-124-10)91-68(117)47(29-36(2)3)93-60(109)40(9)76/h36-52,59,99H,11-35,76H2,1-10H3,(H2,77,100)(H,84,110)(H,85,111)(H,86,101)(H,87,102)(H,88,115)(H,89,112)(H,90,118)(H,91,117)(H,92,119)(H,93,109)(H,94,113)(H,95,114)(H,96,120)(H,97,116)(H,103,104)(H,105,106)(H,107,108)(H,122,123)(H4,78,79,82)(H4,80,81,83)/t39-,40-,41-,42-,43-,44-,45-,46-,47-,48-,49-,50-,51-,52-,59-/m0/s1. The number of aliphatic imine (C=N–C) groups is 2. The van der Waals surface area contributed by atoms with Gasteiger partial charge in [0.2, 0.25) is 94.5 Å². The highest BCUT2D eigenvalue weighted by Crippen LogP contribution is 2.21. The number of rotatable bonds is 61. The third kappa shape index (κ3) is 43.8. The van der Waals surface area contributed by atoms with E-state index in [2.05, 4.69) is 84.4 Å². The fraction of sp³-hybridized carbons (Fsp3) is 0.707. The number of thioether (sulfide) groups is 1. The number of nitrogens with zero attached hydrogens (tertiary/aromatic N) is 3. The largest absolute Gasteiger partial charge is 0.481 e.